The van der Waals surface area contributed by atoms with Gasteiger partial charge in [0.2, 0.25) is 5.91 Å². The molecule has 1 amide bonds. The van der Waals surface area contributed by atoms with E-state index < -0.39 is 0 Å². The lowest BCUT2D eigenvalue weighted by atomic mass is 10.2. The molecule has 2 N–H and O–H groups in total. The van der Waals surface area contributed by atoms with Crippen LogP contribution in [0, 0.1) is 5.92 Å². The summed E-state index contributed by atoms with van der Waals surface area (Å²) < 4.78 is 0. The molecule has 0 saturated heterocycles. The Kier molecular flexibility index (Phi) is 3.27. The van der Waals surface area contributed by atoms with E-state index in [0.29, 0.717) is 13.1 Å². The molecule has 1 aromatic heterocycles. The molecule has 98 valence electrons. The van der Waals surface area contributed by atoms with Gasteiger partial charge in [-0.05, 0) is 25.0 Å². The molecule has 0 bridgehead atoms. The molecule has 5 heteroatoms. The van der Waals surface area contributed by atoms with Gasteiger partial charge in [-0.15, -0.1) is 0 Å². The van der Waals surface area contributed by atoms with Crippen LogP contribution in [0.15, 0.2) is 30.6 Å². The van der Waals surface area contributed by atoms with E-state index in [4.69, 9.17) is 0 Å². The van der Waals surface area contributed by atoms with E-state index in [9.17, 15) is 4.79 Å². The first kappa shape index (κ1) is 11.9. The van der Waals surface area contributed by atoms with Crippen molar-refractivity contribution in [2.75, 3.05) is 18.4 Å². The first-order valence-electron chi connectivity index (χ1n) is 6.56. The van der Waals surface area contributed by atoms with E-state index in [2.05, 4.69) is 20.6 Å². The van der Waals surface area contributed by atoms with E-state index in [-0.39, 0.29) is 11.8 Å². The van der Waals surface area contributed by atoms with Crippen LogP contribution >= 0.6 is 0 Å². The zero-order valence-electron chi connectivity index (χ0n) is 10.6. The van der Waals surface area contributed by atoms with Gasteiger partial charge in [-0.25, -0.2) is 9.97 Å². The number of rotatable bonds is 5. The molecule has 5 nitrogen and oxygen atoms in total. The van der Waals surface area contributed by atoms with Gasteiger partial charge < -0.3 is 10.6 Å². The van der Waals surface area contributed by atoms with Crippen LogP contribution in [-0.4, -0.2) is 29.0 Å². The van der Waals surface area contributed by atoms with Gasteiger partial charge in [0.1, 0.15) is 12.1 Å². The van der Waals surface area contributed by atoms with Crippen molar-refractivity contribution in [1.82, 2.24) is 15.3 Å². The molecule has 1 aromatic carbocycles. The summed E-state index contributed by atoms with van der Waals surface area (Å²) in [6.45, 7) is 1.28. The molecule has 1 heterocycles. The monoisotopic (exact) mass is 256 g/mol. The molecule has 0 unspecified atom stereocenters. The van der Waals surface area contributed by atoms with Gasteiger partial charge in [0.05, 0.1) is 5.52 Å². The van der Waals surface area contributed by atoms with Crippen molar-refractivity contribution < 1.29 is 4.79 Å². The van der Waals surface area contributed by atoms with Crippen molar-refractivity contribution in [3.8, 4) is 0 Å². The minimum Gasteiger partial charge on any atom is -0.368 e. The average Bonchev–Trinajstić information content (AvgIpc) is 3.28. The highest BCUT2D eigenvalue weighted by Crippen LogP contribution is 2.28. The van der Waals surface area contributed by atoms with Gasteiger partial charge in [0.25, 0.3) is 0 Å². The van der Waals surface area contributed by atoms with E-state index in [1.54, 1.807) is 6.33 Å². The molecule has 19 heavy (non-hydrogen) atoms. The standard InChI is InChI=1S/C14H16N4O/c19-14(10-5-6-10)16-8-7-15-13-11-3-1-2-4-12(11)17-9-18-13/h1-4,9-10H,5-8H2,(H,16,19)(H,15,17,18). The molecule has 0 spiro atoms. The van der Waals surface area contributed by atoms with E-state index in [1.165, 1.54) is 0 Å². The average molecular weight is 256 g/mol. The molecule has 1 aliphatic carbocycles. The third-order valence-electron chi connectivity index (χ3n) is 3.21. The molecule has 0 aliphatic heterocycles. The molecular weight excluding hydrogens is 240 g/mol. The quantitative estimate of drug-likeness (QED) is 0.797. The van der Waals surface area contributed by atoms with Crippen molar-refractivity contribution >= 4 is 22.6 Å². The maximum atomic E-state index is 11.5. The number of nitrogens with zero attached hydrogens (tertiary/aromatic N) is 2. The predicted octanol–water partition coefficient (Wildman–Crippen LogP) is 1.57. The predicted molar refractivity (Wildman–Crippen MR) is 73.8 cm³/mol. The summed E-state index contributed by atoms with van der Waals surface area (Å²) in [4.78, 5) is 19.9. The van der Waals surface area contributed by atoms with Crippen molar-refractivity contribution in [3.05, 3.63) is 30.6 Å². The molecule has 1 fully saturated rings. The number of fused-ring (bicyclic) bond motifs is 1. The maximum Gasteiger partial charge on any atom is 0.223 e. The van der Waals surface area contributed by atoms with Crippen LogP contribution < -0.4 is 10.6 Å². The molecule has 3 rings (SSSR count). The third-order valence-corrected chi connectivity index (χ3v) is 3.21. The number of nitrogens with one attached hydrogen (secondary N) is 2. The van der Waals surface area contributed by atoms with Gasteiger partial charge in [-0.1, -0.05) is 12.1 Å². The topological polar surface area (TPSA) is 66.9 Å². The first-order valence-corrected chi connectivity index (χ1v) is 6.56. The Balaban J connectivity index is 1.57. The number of carbonyl (C=O) groups excluding carboxylic acids is 1. The zero-order valence-corrected chi connectivity index (χ0v) is 10.6. The lowest BCUT2D eigenvalue weighted by molar-refractivity contribution is -0.122. The molecule has 0 atom stereocenters. The summed E-state index contributed by atoms with van der Waals surface area (Å²) in [5, 5.41) is 7.15. The van der Waals surface area contributed by atoms with E-state index in [0.717, 1.165) is 29.6 Å². The Hall–Kier alpha value is -2.17. The van der Waals surface area contributed by atoms with E-state index >= 15 is 0 Å². The highest BCUT2D eigenvalue weighted by Gasteiger charge is 2.28. The van der Waals surface area contributed by atoms with Crippen LogP contribution in [0.4, 0.5) is 5.82 Å². The number of para-hydroxylation sites is 1. The molecule has 2 aromatic rings. The Morgan fingerprint density at radius 1 is 1.21 bits per heavy atom. The van der Waals surface area contributed by atoms with Crippen molar-refractivity contribution in [1.29, 1.82) is 0 Å². The third kappa shape index (κ3) is 2.81. The summed E-state index contributed by atoms with van der Waals surface area (Å²) in [5.74, 6) is 1.25. The van der Waals surface area contributed by atoms with Crippen LogP contribution in [0.25, 0.3) is 10.9 Å². The highest BCUT2D eigenvalue weighted by atomic mass is 16.2. The van der Waals surface area contributed by atoms with Crippen LogP contribution in [0.5, 0.6) is 0 Å². The molecule has 1 saturated carbocycles. The maximum absolute atomic E-state index is 11.5. The van der Waals surface area contributed by atoms with E-state index in [1.807, 2.05) is 24.3 Å². The van der Waals surface area contributed by atoms with Crippen LogP contribution in [0.1, 0.15) is 12.8 Å². The summed E-state index contributed by atoms with van der Waals surface area (Å²) in [6, 6.07) is 7.86. The van der Waals surface area contributed by atoms with Crippen LogP contribution in [0.3, 0.4) is 0 Å². The first-order chi connectivity index (χ1) is 9.34. The minimum absolute atomic E-state index is 0.175. The van der Waals surface area contributed by atoms with Gasteiger partial charge in [0.15, 0.2) is 0 Å². The second-order valence-electron chi connectivity index (χ2n) is 4.73. The number of hydrogen-bond acceptors (Lipinski definition) is 4. The molecular formula is C14H16N4O. The number of amides is 1. The van der Waals surface area contributed by atoms with Crippen molar-refractivity contribution in [2.24, 2.45) is 5.92 Å². The summed E-state index contributed by atoms with van der Waals surface area (Å²) in [6.07, 6.45) is 3.62. The Morgan fingerprint density at radius 3 is 2.89 bits per heavy atom. The molecule has 0 radical (unpaired) electrons. The largest absolute Gasteiger partial charge is 0.368 e. The fourth-order valence-corrected chi connectivity index (χ4v) is 2.00. The van der Waals surface area contributed by atoms with Gasteiger partial charge in [-0.2, -0.15) is 0 Å². The number of hydrogen-bond donors (Lipinski definition) is 2. The number of aromatic nitrogens is 2. The second-order valence-corrected chi connectivity index (χ2v) is 4.73. The second kappa shape index (κ2) is 5.22. The van der Waals surface area contributed by atoms with Crippen LogP contribution in [0.2, 0.25) is 0 Å². The Morgan fingerprint density at radius 2 is 2.05 bits per heavy atom. The lowest BCUT2D eigenvalue weighted by Crippen LogP contribution is -2.29. The van der Waals surface area contributed by atoms with Gasteiger partial charge in [0, 0.05) is 24.4 Å². The molecule has 1 aliphatic rings. The highest BCUT2D eigenvalue weighted by molar-refractivity contribution is 5.88. The minimum atomic E-state index is 0.175. The number of benzene rings is 1. The fourth-order valence-electron chi connectivity index (χ4n) is 2.00. The summed E-state index contributed by atoms with van der Waals surface area (Å²) in [7, 11) is 0. The lowest BCUT2D eigenvalue weighted by Gasteiger charge is -2.08. The zero-order chi connectivity index (χ0) is 13.1. The Labute approximate surface area is 111 Å². The SMILES string of the molecule is O=C(NCCNc1ncnc2ccccc12)C1CC1. The number of carbonyl (C=O) groups is 1. The Bertz CT molecular complexity index is 590. The van der Waals surface area contributed by atoms with Gasteiger partial charge in [-0.3, -0.25) is 4.79 Å². The fraction of sp³-hybridized carbons (Fsp3) is 0.357. The number of anilines is 1. The normalized spacial score (nSPS) is 14.3. The van der Waals surface area contributed by atoms with Crippen LogP contribution in [-0.2, 0) is 4.79 Å². The van der Waals surface area contributed by atoms with Crippen molar-refractivity contribution in [3.63, 3.8) is 0 Å². The smallest absolute Gasteiger partial charge is 0.223 e. The van der Waals surface area contributed by atoms with Gasteiger partial charge >= 0.3 is 0 Å². The summed E-state index contributed by atoms with van der Waals surface area (Å²) in [5.41, 5.74) is 0.919. The van der Waals surface area contributed by atoms with Crippen molar-refractivity contribution in [2.45, 2.75) is 12.8 Å². The summed E-state index contributed by atoms with van der Waals surface area (Å²) >= 11 is 0.